The fraction of sp³-hybridized carbons (Fsp3) is 0.778. The lowest BCUT2D eigenvalue weighted by Gasteiger charge is -2.23. The maximum atomic E-state index is 11.6. The summed E-state index contributed by atoms with van der Waals surface area (Å²) in [7, 11) is 0. The number of allylic oxidation sites excluding steroid dienone is 1. The van der Waals surface area contributed by atoms with Crippen molar-refractivity contribution in [2.75, 3.05) is 0 Å². The monoisotopic (exact) mass is 375 g/mol. The van der Waals surface area contributed by atoms with Gasteiger partial charge in [0, 0.05) is 0 Å². The fourth-order valence-corrected chi connectivity index (χ4v) is 2.38. The van der Waals surface area contributed by atoms with Crippen LogP contribution in [0.5, 0.6) is 0 Å². The number of aliphatic hydroxyl groups excluding tert-OH is 4. The molecule has 6 N–H and O–H groups in total. The summed E-state index contributed by atoms with van der Waals surface area (Å²) in [4.78, 5) is 22.1. The number of carboxylic acids is 1. The van der Waals surface area contributed by atoms with E-state index in [1.165, 1.54) is 44.7 Å². The molecule has 4 atom stereocenters. The van der Waals surface area contributed by atoms with Gasteiger partial charge in [0.05, 0.1) is 0 Å². The van der Waals surface area contributed by atoms with Crippen molar-refractivity contribution in [3.8, 4) is 0 Å². The minimum atomic E-state index is -2.30. The molecule has 26 heavy (non-hydrogen) atoms. The molecule has 0 aliphatic heterocycles. The Labute approximate surface area is 154 Å². The van der Waals surface area contributed by atoms with Gasteiger partial charge < -0.3 is 30.8 Å². The Bertz CT molecular complexity index is 428. The first kappa shape index (κ1) is 24.5. The molecule has 0 aliphatic rings. The molecular formula is C18H33NO7. The number of carbonyl (C=O) groups is 2. The van der Waals surface area contributed by atoms with Crippen molar-refractivity contribution in [1.82, 2.24) is 5.32 Å². The van der Waals surface area contributed by atoms with Crippen molar-refractivity contribution in [3.05, 3.63) is 12.3 Å². The third kappa shape index (κ3) is 10.5. The maximum absolute atomic E-state index is 11.6. The predicted molar refractivity (Wildman–Crippen MR) is 96.2 cm³/mol. The van der Waals surface area contributed by atoms with Gasteiger partial charge in [-0.3, -0.25) is 4.79 Å². The molecule has 8 heteroatoms. The Morgan fingerprint density at radius 2 is 1.35 bits per heavy atom. The number of amides is 1. The van der Waals surface area contributed by atoms with E-state index in [0.29, 0.717) is 0 Å². The van der Waals surface area contributed by atoms with Crippen LogP contribution in [0.3, 0.4) is 0 Å². The Morgan fingerprint density at radius 3 is 1.88 bits per heavy atom. The molecule has 152 valence electrons. The number of carboxylic acid groups (broad SMARTS) is 1. The van der Waals surface area contributed by atoms with Crippen LogP contribution in [0.25, 0.3) is 0 Å². The number of aliphatic hydroxyl groups is 4. The maximum Gasteiger partial charge on any atom is 0.335 e. The second-order valence-corrected chi connectivity index (χ2v) is 6.38. The highest BCUT2D eigenvalue weighted by Gasteiger charge is 2.37. The van der Waals surface area contributed by atoms with Crippen molar-refractivity contribution >= 4 is 11.9 Å². The number of hydrogen-bond donors (Lipinski definition) is 6. The van der Waals surface area contributed by atoms with Crippen molar-refractivity contribution in [1.29, 1.82) is 0 Å². The van der Waals surface area contributed by atoms with Crippen molar-refractivity contribution < 1.29 is 35.1 Å². The van der Waals surface area contributed by atoms with Gasteiger partial charge in [-0.25, -0.2) is 4.79 Å². The Kier molecular flexibility index (Phi) is 13.8. The van der Waals surface area contributed by atoms with E-state index in [0.717, 1.165) is 19.3 Å². The molecule has 0 aromatic heterocycles. The molecule has 0 rings (SSSR count). The lowest BCUT2D eigenvalue weighted by molar-refractivity contribution is -0.166. The lowest BCUT2D eigenvalue weighted by Crippen LogP contribution is -2.52. The first-order chi connectivity index (χ1) is 12.3. The van der Waals surface area contributed by atoms with Gasteiger partial charge >= 0.3 is 5.97 Å². The van der Waals surface area contributed by atoms with Crippen LogP contribution < -0.4 is 5.32 Å². The largest absolute Gasteiger partial charge is 0.479 e. The average Bonchev–Trinajstić information content (AvgIpc) is 2.63. The number of hydrogen-bond acceptors (Lipinski definition) is 6. The highest BCUT2D eigenvalue weighted by molar-refractivity contribution is 5.82. The van der Waals surface area contributed by atoms with E-state index in [1.807, 2.05) is 0 Å². The van der Waals surface area contributed by atoms with E-state index < -0.39 is 36.3 Å². The van der Waals surface area contributed by atoms with Crippen LogP contribution in [0.4, 0.5) is 0 Å². The first-order valence-electron chi connectivity index (χ1n) is 9.23. The standard InChI is InChI=1S/C18H33NO7/c1-2-3-4-5-6-7-8-9-10-11-12-19-17(24)15(22)13(20)14(21)16(23)18(25)26/h11-16,20-23H,2-10H2,1H3,(H,19,24)(H,25,26)/b12-11+/t13-,14-,15+,16-/m1/s1. The minimum Gasteiger partial charge on any atom is -0.479 e. The molecule has 0 saturated carbocycles. The van der Waals surface area contributed by atoms with Crippen LogP contribution in [0.2, 0.25) is 0 Å². The molecule has 0 radical (unpaired) electrons. The van der Waals surface area contributed by atoms with Crippen LogP contribution in [0.15, 0.2) is 12.3 Å². The topological polar surface area (TPSA) is 147 Å². The molecule has 0 aromatic carbocycles. The number of rotatable bonds is 15. The third-order valence-corrected chi connectivity index (χ3v) is 4.09. The summed E-state index contributed by atoms with van der Waals surface area (Å²) in [6, 6.07) is 0. The van der Waals surface area contributed by atoms with E-state index in [2.05, 4.69) is 12.2 Å². The quantitative estimate of drug-likeness (QED) is 0.231. The Balaban J connectivity index is 3.92. The normalized spacial score (nSPS) is 16.2. The van der Waals surface area contributed by atoms with Crippen LogP contribution in [-0.4, -0.2) is 61.8 Å². The molecule has 0 unspecified atom stereocenters. The summed E-state index contributed by atoms with van der Waals surface area (Å²) in [6.07, 6.45) is 4.71. The third-order valence-electron chi connectivity index (χ3n) is 4.09. The predicted octanol–water partition coefficient (Wildman–Crippen LogP) is 0.675. The Morgan fingerprint density at radius 1 is 0.846 bits per heavy atom. The highest BCUT2D eigenvalue weighted by atomic mass is 16.4. The summed E-state index contributed by atoms with van der Waals surface area (Å²) >= 11 is 0. The van der Waals surface area contributed by atoms with Gasteiger partial charge in [-0.1, -0.05) is 57.9 Å². The van der Waals surface area contributed by atoms with Gasteiger partial charge in [0.2, 0.25) is 0 Å². The molecule has 0 heterocycles. The van der Waals surface area contributed by atoms with Crippen LogP contribution in [0.1, 0.15) is 64.7 Å². The highest BCUT2D eigenvalue weighted by Crippen LogP contribution is 2.10. The van der Waals surface area contributed by atoms with Gasteiger partial charge in [-0.05, 0) is 19.0 Å². The summed E-state index contributed by atoms with van der Waals surface area (Å²) in [5.74, 6) is -2.77. The first-order valence-corrected chi connectivity index (χ1v) is 9.23. The number of aliphatic carboxylic acids is 1. The lowest BCUT2D eigenvalue weighted by atomic mass is 10.0. The molecule has 0 aliphatic carbocycles. The summed E-state index contributed by atoms with van der Waals surface area (Å²) < 4.78 is 0. The number of carbonyl (C=O) groups excluding carboxylic acids is 1. The van der Waals surface area contributed by atoms with Crippen LogP contribution >= 0.6 is 0 Å². The molecule has 8 nitrogen and oxygen atoms in total. The van der Waals surface area contributed by atoms with Crippen LogP contribution in [-0.2, 0) is 9.59 Å². The van der Waals surface area contributed by atoms with Crippen molar-refractivity contribution in [2.45, 2.75) is 89.1 Å². The second kappa shape index (κ2) is 14.7. The average molecular weight is 375 g/mol. The van der Waals surface area contributed by atoms with E-state index in [1.54, 1.807) is 6.08 Å². The Hall–Kier alpha value is -1.48. The van der Waals surface area contributed by atoms with E-state index in [4.69, 9.17) is 10.2 Å². The summed E-state index contributed by atoms with van der Waals surface area (Å²) in [5, 5.41) is 48.4. The van der Waals surface area contributed by atoms with E-state index >= 15 is 0 Å². The van der Waals surface area contributed by atoms with Gasteiger partial charge in [0.25, 0.3) is 5.91 Å². The van der Waals surface area contributed by atoms with Gasteiger partial charge in [0.1, 0.15) is 12.2 Å². The van der Waals surface area contributed by atoms with Gasteiger partial charge in [0.15, 0.2) is 12.2 Å². The van der Waals surface area contributed by atoms with Gasteiger partial charge in [-0.15, -0.1) is 0 Å². The smallest absolute Gasteiger partial charge is 0.335 e. The second-order valence-electron chi connectivity index (χ2n) is 6.38. The van der Waals surface area contributed by atoms with Gasteiger partial charge in [-0.2, -0.15) is 0 Å². The zero-order chi connectivity index (χ0) is 19.9. The van der Waals surface area contributed by atoms with Crippen molar-refractivity contribution in [3.63, 3.8) is 0 Å². The van der Waals surface area contributed by atoms with Crippen LogP contribution in [0, 0.1) is 0 Å². The molecule has 1 amide bonds. The number of nitrogens with one attached hydrogen (secondary N) is 1. The molecule has 0 spiro atoms. The molecule has 0 aromatic rings. The fourth-order valence-electron chi connectivity index (χ4n) is 2.38. The summed E-state index contributed by atoms with van der Waals surface area (Å²) in [6.45, 7) is 2.19. The zero-order valence-electron chi connectivity index (χ0n) is 15.4. The summed E-state index contributed by atoms with van der Waals surface area (Å²) in [5.41, 5.74) is 0. The zero-order valence-corrected chi connectivity index (χ0v) is 15.4. The SMILES string of the molecule is CCCCCCCCCC/C=C/NC(=O)[C@@H](O)[C@H](O)[C@@H](O)[C@@H](O)C(=O)O. The molecule has 0 fully saturated rings. The van der Waals surface area contributed by atoms with Crippen molar-refractivity contribution in [2.24, 2.45) is 0 Å². The molecule has 0 bridgehead atoms. The molecule has 0 saturated heterocycles. The molecular weight excluding hydrogens is 342 g/mol. The van der Waals surface area contributed by atoms with E-state index in [-0.39, 0.29) is 0 Å². The minimum absolute atomic E-state index is 0.758. The van der Waals surface area contributed by atoms with E-state index in [9.17, 15) is 24.9 Å². The number of unbranched alkanes of at least 4 members (excludes halogenated alkanes) is 8.